The van der Waals surface area contributed by atoms with Crippen LogP contribution in [0.1, 0.15) is 6.42 Å². The molecule has 1 amide bonds. The van der Waals surface area contributed by atoms with Gasteiger partial charge >= 0.3 is 5.97 Å². The van der Waals surface area contributed by atoms with Gasteiger partial charge in [-0.2, -0.15) is 11.8 Å². The summed E-state index contributed by atoms with van der Waals surface area (Å²) in [5.41, 5.74) is 5.94. The van der Waals surface area contributed by atoms with E-state index in [-0.39, 0.29) is 11.7 Å². The van der Waals surface area contributed by atoms with Crippen molar-refractivity contribution < 1.29 is 19.4 Å². The first kappa shape index (κ1) is 17.6. The molecule has 0 spiro atoms. The molecule has 0 saturated heterocycles. The van der Waals surface area contributed by atoms with E-state index in [0.29, 0.717) is 28.6 Å². The van der Waals surface area contributed by atoms with E-state index in [1.165, 1.54) is 18.9 Å². The molecule has 0 aliphatic rings. The molecule has 0 radical (unpaired) electrons. The number of amides is 1. The average Bonchev–Trinajstić information content (AvgIpc) is 2.43. The number of halogens is 1. The highest BCUT2D eigenvalue weighted by atomic mass is 35.5. The molecular formula is C13H17ClN2O4S. The number of nitrogens with two attached hydrogens (primary N) is 1. The van der Waals surface area contributed by atoms with E-state index >= 15 is 0 Å². The number of hydrogen-bond donors (Lipinski definition) is 3. The molecule has 1 aromatic rings. The van der Waals surface area contributed by atoms with Crippen molar-refractivity contribution in [2.45, 2.75) is 12.5 Å². The van der Waals surface area contributed by atoms with Gasteiger partial charge in [0, 0.05) is 5.69 Å². The Labute approximate surface area is 132 Å². The Bertz CT molecular complexity index is 513. The Hall–Kier alpha value is -1.44. The standard InChI is InChI=1S/C13H17ClN2O4S/c1-20-11-3-2-8(6-9(11)14)16-12(17)7-21-5-4-10(15)13(18)19/h2-3,6,10H,4-5,7,15H2,1H3,(H,16,17)(H,18,19). The van der Waals surface area contributed by atoms with Crippen molar-refractivity contribution in [2.75, 3.05) is 23.9 Å². The van der Waals surface area contributed by atoms with Crippen molar-refractivity contribution >= 4 is 40.9 Å². The number of nitrogens with one attached hydrogen (secondary N) is 1. The van der Waals surface area contributed by atoms with Gasteiger partial charge in [-0.1, -0.05) is 11.6 Å². The molecular weight excluding hydrogens is 316 g/mol. The largest absolute Gasteiger partial charge is 0.495 e. The van der Waals surface area contributed by atoms with Crippen LogP contribution in [0.5, 0.6) is 5.75 Å². The van der Waals surface area contributed by atoms with Crippen LogP contribution >= 0.6 is 23.4 Å². The number of carbonyl (C=O) groups is 2. The Morgan fingerprint density at radius 2 is 2.24 bits per heavy atom. The number of rotatable bonds is 8. The van der Waals surface area contributed by atoms with Gasteiger partial charge < -0.3 is 20.9 Å². The summed E-state index contributed by atoms with van der Waals surface area (Å²) in [6.45, 7) is 0. The van der Waals surface area contributed by atoms with Gasteiger partial charge in [-0.25, -0.2) is 0 Å². The summed E-state index contributed by atoms with van der Waals surface area (Å²) in [5.74, 6) is 0.0324. The highest BCUT2D eigenvalue weighted by molar-refractivity contribution is 7.99. The second kappa shape index (κ2) is 8.76. The average molecular weight is 333 g/mol. The third-order valence-electron chi connectivity index (χ3n) is 2.56. The number of aliphatic carboxylic acids is 1. The van der Waals surface area contributed by atoms with Crippen molar-refractivity contribution in [3.8, 4) is 5.75 Å². The third-order valence-corrected chi connectivity index (χ3v) is 3.85. The minimum atomic E-state index is -1.03. The zero-order valence-electron chi connectivity index (χ0n) is 11.5. The van der Waals surface area contributed by atoms with Crippen molar-refractivity contribution in [1.29, 1.82) is 0 Å². The molecule has 1 aromatic carbocycles. The number of benzene rings is 1. The molecule has 8 heteroatoms. The molecule has 0 saturated carbocycles. The number of anilines is 1. The van der Waals surface area contributed by atoms with E-state index in [1.54, 1.807) is 18.2 Å². The maximum Gasteiger partial charge on any atom is 0.320 e. The minimum absolute atomic E-state index is 0.190. The van der Waals surface area contributed by atoms with Gasteiger partial charge in [-0.3, -0.25) is 9.59 Å². The molecule has 1 unspecified atom stereocenters. The second-order valence-electron chi connectivity index (χ2n) is 4.18. The van der Waals surface area contributed by atoms with Crippen LogP contribution in [-0.4, -0.2) is 41.6 Å². The van der Waals surface area contributed by atoms with E-state index in [1.807, 2.05) is 0 Å². The van der Waals surface area contributed by atoms with Crippen LogP contribution in [0.4, 0.5) is 5.69 Å². The van der Waals surface area contributed by atoms with Crippen LogP contribution < -0.4 is 15.8 Å². The van der Waals surface area contributed by atoms with E-state index < -0.39 is 12.0 Å². The zero-order valence-corrected chi connectivity index (χ0v) is 13.0. The van der Waals surface area contributed by atoms with E-state index in [2.05, 4.69) is 5.32 Å². The number of carbonyl (C=O) groups excluding carboxylic acids is 1. The lowest BCUT2D eigenvalue weighted by Crippen LogP contribution is -2.30. The molecule has 6 nitrogen and oxygen atoms in total. The number of hydrogen-bond acceptors (Lipinski definition) is 5. The molecule has 4 N–H and O–H groups in total. The first-order valence-corrected chi connectivity index (χ1v) is 7.67. The lowest BCUT2D eigenvalue weighted by Gasteiger charge is -2.08. The summed E-state index contributed by atoms with van der Waals surface area (Å²) in [4.78, 5) is 22.2. The molecule has 1 atom stereocenters. The molecule has 0 aliphatic heterocycles. The molecule has 116 valence electrons. The Balaban J connectivity index is 2.34. The Morgan fingerprint density at radius 1 is 1.52 bits per heavy atom. The van der Waals surface area contributed by atoms with Crippen LogP contribution in [0, 0.1) is 0 Å². The van der Waals surface area contributed by atoms with E-state index in [0.717, 1.165) is 0 Å². The van der Waals surface area contributed by atoms with Crippen LogP contribution in [0.2, 0.25) is 5.02 Å². The number of carboxylic acid groups (broad SMARTS) is 1. The fourth-order valence-electron chi connectivity index (χ4n) is 1.44. The zero-order chi connectivity index (χ0) is 15.8. The maximum absolute atomic E-state index is 11.7. The van der Waals surface area contributed by atoms with Crippen molar-refractivity contribution in [1.82, 2.24) is 0 Å². The predicted molar refractivity (Wildman–Crippen MR) is 84.2 cm³/mol. The van der Waals surface area contributed by atoms with E-state index in [9.17, 15) is 9.59 Å². The number of carboxylic acids is 1. The van der Waals surface area contributed by atoms with Gasteiger partial charge in [0.15, 0.2) is 0 Å². The van der Waals surface area contributed by atoms with Crippen LogP contribution in [0.25, 0.3) is 0 Å². The minimum Gasteiger partial charge on any atom is -0.495 e. The second-order valence-corrected chi connectivity index (χ2v) is 5.70. The summed E-state index contributed by atoms with van der Waals surface area (Å²) in [7, 11) is 1.51. The number of ether oxygens (including phenoxy) is 1. The molecule has 0 heterocycles. The first-order chi connectivity index (χ1) is 9.93. The highest BCUT2D eigenvalue weighted by Gasteiger charge is 2.11. The molecule has 0 bridgehead atoms. The fraction of sp³-hybridized carbons (Fsp3) is 0.385. The van der Waals surface area contributed by atoms with Gasteiger partial charge in [0.05, 0.1) is 17.9 Å². The summed E-state index contributed by atoms with van der Waals surface area (Å²) < 4.78 is 5.02. The topological polar surface area (TPSA) is 102 Å². The molecule has 0 fully saturated rings. The number of methoxy groups -OCH3 is 1. The van der Waals surface area contributed by atoms with Gasteiger partial charge in [0.25, 0.3) is 0 Å². The lowest BCUT2D eigenvalue weighted by molar-refractivity contribution is -0.138. The predicted octanol–water partition coefficient (Wildman–Crippen LogP) is 1.82. The van der Waals surface area contributed by atoms with E-state index in [4.69, 9.17) is 27.2 Å². The first-order valence-electron chi connectivity index (χ1n) is 6.13. The normalized spacial score (nSPS) is 11.8. The summed E-state index contributed by atoms with van der Waals surface area (Å²) in [6.07, 6.45) is 0.321. The van der Waals surface area contributed by atoms with Gasteiger partial charge in [-0.15, -0.1) is 0 Å². The summed E-state index contributed by atoms with van der Waals surface area (Å²) in [6, 6.07) is 4.06. The van der Waals surface area contributed by atoms with Gasteiger partial charge in [0.2, 0.25) is 5.91 Å². The molecule has 1 rings (SSSR count). The van der Waals surface area contributed by atoms with Gasteiger partial charge in [0.1, 0.15) is 11.8 Å². The smallest absolute Gasteiger partial charge is 0.320 e. The lowest BCUT2D eigenvalue weighted by atomic mass is 10.2. The Kier molecular flexibility index (Phi) is 7.35. The fourth-order valence-corrected chi connectivity index (χ4v) is 2.52. The van der Waals surface area contributed by atoms with Crippen LogP contribution in [0.3, 0.4) is 0 Å². The quantitative estimate of drug-likeness (QED) is 0.628. The summed E-state index contributed by atoms with van der Waals surface area (Å²) in [5, 5.41) is 11.7. The highest BCUT2D eigenvalue weighted by Crippen LogP contribution is 2.27. The maximum atomic E-state index is 11.7. The SMILES string of the molecule is COc1ccc(NC(=O)CSCCC(N)C(=O)O)cc1Cl. The third kappa shape index (κ3) is 6.24. The van der Waals surface area contributed by atoms with Crippen molar-refractivity contribution in [3.63, 3.8) is 0 Å². The Morgan fingerprint density at radius 3 is 2.81 bits per heavy atom. The van der Waals surface area contributed by atoms with Crippen molar-refractivity contribution in [2.24, 2.45) is 5.73 Å². The van der Waals surface area contributed by atoms with Crippen LogP contribution in [0.15, 0.2) is 18.2 Å². The van der Waals surface area contributed by atoms with Crippen molar-refractivity contribution in [3.05, 3.63) is 23.2 Å². The summed E-state index contributed by atoms with van der Waals surface area (Å²) >= 11 is 7.28. The molecule has 0 aliphatic carbocycles. The van der Waals surface area contributed by atoms with Gasteiger partial charge in [-0.05, 0) is 30.4 Å². The monoisotopic (exact) mass is 332 g/mol. The molecule has 0 aromatic heterocycles. The number of thioether (sulfide) groups is 1. The van der Waals surface area contributed by atoms with Crippen LogP contribution in [-0.2, 0) is 9.59 Å². The molecule has 21 heavy (non-hydrogen) atoms.